The first-order chi connectivity index (χ1) is 65.5. The fraction of sp³-hybridized carbons (Fsp3) is 0.402. The van der Waals surface area contributed by atoms with Crippen molar-refractivity contribution in [1.29, 1.82) is 0 Å². The summed E-state index contributed by atoms with van der Waals surface area (Å²) in [5.74, 6) is 6.74. The highest BCUT2D eigenvalue weighted by Gasteiger charge is 2.50. The molecule has 10 aromatic heterocycles. The number of hydrogen-bond acceptors (Lipinski definition) is 37. The number of rotatable bonds is 28. The lowest BCUT2D eigenvalue weighted by Crippen LogP contribution is -2.50. The average Bonchev–Trinajstić information content (AvgIpc) is 1.45. The van der Waals surface area contributed by atoms with E-state index < -0.39 is 33.4 Å². The lowest BCUT2D eigenvalue weighted by atomic mass is 9.72. The van der Waals surface area contributed by atoms with E-state index in [1.54, 1.807) is 112 Å². The summed E-state index contributed by atoms with van der Waals surface area (Å²) in [6, 6.07) is 33.7. The zero-order chi connectivity index (χ0) is 97.3. The molecule has 4 unspecified atom stereocenters. The van der Waals surface area contributed by atoms with Crippen molar-refractivity contribution in [2.24, 2.45) is 29.4 Å². The van der Waals surface area contributed by atoms with E-state index in [-0.39, 0.29) is 53.6 Å². The third-order valence-corrected chi connectivity index (χ3v) is 26.3. The highest BCUT2D eigenvalue weighted by Crippen LogP contribution is 2.53. The maximum atomic E-state index is 12.0. The van der Waals surface area contributed by atoms with E-state index >= 15 is 0 Å². The summed E-state index contributed by atoms with van der Waals surface area (Å²) in [7, 11) is 3.56. The standard InChI is InChI=1S/2C25H28N8O2.C25H34N8O2.C22H28N8O2/c1-24(2,14-34)32-20-13-27-19(12-28-20)21-31-22(33-35-21)25(3,18-8-9-18)17-6-4-15(5-7-17)16-10-29-23(26)30-11-16;1-24(2,34)14-31-20-13-27-19(12-28-20)21-32-22(33-35-21)25(3,18-8-9-18)17-6-4-15(5-7-17)16-10-29-23(26)30-11-16;1-17(2)25(3,20-8-6-18(7-9-20)19-14-27-23(26)28-15-19)22-29-24(35-30-22)33-12-10-32(11-13-33)16-21(34)31(4)5;1-14(2)22(3,17-6-4-15(5-7-17)16-12-25-19(23)26-13-16)18-27-21(32-28-18)30-10-8-29(9-11-30)20(24)31/h4-7,10-13,18,34H,8-9,14H2,1-3H3,(H,28,32)(H2,26,29,30);4-7,10-13,18,34H,8-9,14H2,1-3H3,(H,28,31)(H2,26,29,30);6-9,14-15,17H,10-13,16H2,1-5H3,(H2,26,27,28);4-7,12-14H,8-11H2,1-3H3,(H2,24,31)(H2,23,25,26). The first-order valence-electron chi connectivity index (χ1n) is 45.5. The number of aliphatic hydroxyl groups excluding tert-OH is 1. The van der Waals surface area contributed by atoms with Crippen LogP contribution in [0.2, 0.25) is 0 Å². The smallest absolute Gasteiger partial charge is 0.324 e. The van der Waals surface area contributed by atoms with Crippen molar-refractivity contribution in [2.75, 3.05) is 130 Å². The number of likely N-dealkylation sites (N-methyl/N-ethyl adjacent to an activating group) is 1. The van der Waals surface area contributed by atoms with E-state index in [4.69, 9.17) is 66.7 Å². The number of primary amides is 1. The zero-order valence-corrected chi connectivity index (χ0v) is 79.5. The SMILES string of the molecule is CC(C)(CO)Nc1cnc(-c2nc(C(C)(c3ccc(-c4cnc(N)nc4)cc3)C3CC3)no2)cn1.CC(C)(O)CNc1cnc(-c2nc(C(C)(c3ccc(-c4cnc(N)nc4)cc3)C3CC3)no2)cn1.CC(C)C(C)(c1ccc(-c2cnc(N)nc2)cc1)c1noc(N2CCN(C(N)=O)CC2)n1.CC(C)C(C)(c1ccc(-c2cnc(N)nc2)cc1)c1noc(N2CCN(CC(=O)N(C)C)CC2)n1. The van der Waals surface area contributed by atoms with Gasteiger partial charge < -0.3 is 87.2 Å². The van der Waals surface area contributed by atoms with Crippen molar-refractivity contribution in [3.63, 3.8) is 0 Å². The van der Waals surface area contributed by atoms with Gasteiger partial charge in [-0.05, 0) is 149 Å². The summed E-state index contributed by atoms with van der Waals surface area (Å²) in [5, 5.41) is 42.9. The van der Waals surface area contributed by atoms with E-state index in [0.29, 0.717) is 121 Å². The monoisotopic (exact) mass is 1860 g/mol. The molecule has 12 heterocycles. The number of benzene rings is 4. The van der Waals surface area contributed by atoms with E-state index in [2.05, 4.69) is 241 Å². The molecule has 0 spiro atoms. The molecule has 18 rings (SSSR count). The molecule has 714 valence electrons. The summed E-state index contributed by atoms with van der Waals surface area (Å²) in [6.07, 6.45) is 24.5. The molecule has 2 aliphatic heterocycles. The van der Waals surface area contributed by atoms with Gasteiger partial charge in [-0.2, -0.15) is 19.9 Å². The van der Waals surface area contributed by atoms with Crippen LogP contribution >= 0.6 is 0 Å². The quantitative estimate of drug-likeness (QED) is 0.0220. The number of nitrogens with one attached hydrogen (secondary N) is 2. The average molecular weight is 1860 g/mol. The predicted molar refractivity (Wildman–Crippen MR) is 518 cm³/mol. The Balaban J connectivity index is 0.000000139. The Hall–Kier alpha value is -15.1. The Bertz CT molecular complexity index is 6340. The van der Waals surface area contributed by atoms with Gasteiger partial charge in [0.2, 0.25) is 29.7 Å². The van der Waals surface area contributed by atoms with Crippen molar-refractivity contribution in [2.45, 2.75) is 142 Å². The molecule has 4 aromatic carbocycles. The van der Waals surface area contributed by atoms with Gasteiger partial charge in [0.15, 0.2) is 23.3 Å². The molecule has 40 nitrogen and oxygen atoms in total. The summed E-state index contributed by atoms with van der Waals surface area (Å²) in [4.78, 5) is 102. The van der Waals surface area contributed by atoms with Gasteiger partial charge in [0, 0.05) is 145 Å². The minimum atomic E-state index is -0.851. The lowest BCUT2D eigenvalue weighted by molar-refractivity contribution is -0.130. The zero-order valence-electron chi connectivity index (χ0n) is 79.5. The highest BCUT2D eigenvalue weighted by molar-refractivity contribution is 5.78. The number of piperazine rings is 2. The maximum absolute atomic E-state index is 12.0. The molecule has 0 bridgehead atoms. The fourth-order valence-electron chi connectivity index (χ4n) is 16.3. The van der Waals surface area contributed by atoms with Gasteiger partial charge in [0.1, 0.15) is 23.0 Å². The number of carbonyl (C=O) groups is 2. The Labute approximate surface area is 793 Å². The van der Waals surface area contributed by atoms with Crippen LogP contribution in [0.3, 0.4) is 0 Å². The van der Waals surface area contributed by atoms with Crippen LogP contribution in [0.1, 0.15) is 154 Å². The van der Waals surface area contributed by atoms with Gasteiger partial charge in [-0.1, -0.05) is 145 Å². The Morgan fingerprint density at radius 2 is 0.759 bits per heavy atom. The minimum absolute atomic E-state index is 0.0298. The summed E-state index contributed by atoms with van der Waals surface area (Å²) >= 11 is 0. The number of aliphatic hydroxyl groups is 2. The lowest BCUT2D eigenvalue weighted by Gasteiger charge is -2.33. The molecule has 137 heavy (non-hydrogen) atoms. The van der Waals surface area contributed by atoms with Gasteiger partial charge in [0.25, 0.3) is 11.8 Å². The number of nitrogen functional groups attached to an aromatic ring is 4. The number of nitrogens with zero attached hydrogens (tertiary/aromatic N) is 25. The number of nitrogens with two attached hydrogens (primary N) is 5. The van der Waals surface area contributed by atoms with Crippen LogP contribution in [0.25, 0.3) is 67.7 Å². The van der Waals surface area contributed by atoms with Crippen molar-refractivity contribution < 1.29 is 37.9 Å². The van der Waals surface area contributed by atoms with Gasteiger partial charge >= 0.3 is 18.1 Å². The van der Waals surface area contributed by atoms with Crippen molar-refractivity contribution >= 4 is 59.4 Å². The molecule has 40 heteroatoms. The van der Waals surface area contributed by atoms with Gasteiger partial charge in [-0.15, -0.1) is 0 Å². The van der Waals surface area contributed by atoms with E-state index in [0.717, 1.165) is 119 Å². The van der Waals surface area contributed by atoms with Crippen molar-refractivity contribution in [3.8, 4) is 67.7 Å². The number of aromatic nitrogens is 20. The molecule has 2 saturated carbocycles. The summed E-state index contributed by atoms with van der Waals surface area (Å²) < 4.78 is 22.6. The minimum Gasteiger partial charge on any atom is -0.394 e. The van der Waals surface area contributed by atoms with Crippen LogP contribution in [0, 0.1) is 23.7 Å². The van der Waals surface area contributed by atoms with Crippen LogP contribution in [-0.2, 0) is 26.5 Å². The van der Waals surface area contributed by atoms with Crippen LogP contribution in [0.4, 0.5) is 52.3 Å². The molecule has 4 atom stereocenters. The summed E-state index contributed by atoms with van der Waals surface area (Å²) in [6.45, 7) is 30.4. The second kappa shape index (κ2) is 40.6. The number of urea groups is 1. The van der Waals surface area contributed by atoms with E-state index in [1.165, 1.54) is 0 Å². The van der Waals surface area contributed by atoms with E-state index in [9.17, 15) is 19.8 Å². The van der Waals surface area contributed by atoms with Crippen LogP contribution in [0.5, 0.6) is 0 Å². The van der Waals surface area contributed by atoms with E-state index in [1.807, 2.05) is 30.9 Å². The van der Waals surface area contributed by atoms with Crippen LogP contribution in [0.15, 0.2) is 190 Å². The fourth-order valence-corrected chi connectivity index (χ4v) is 16.3. The molecule has 2 saturated heterocycles. The second-order valence-corrected chi connectivity index (χ2v) is 37.7. The van der Waals surface area contributed by atoms with Crippen LogP contribution in [-0.4, -0.2) is 235 Å². The predicted octanol–water partition coefficient (Wildman–Crippen LogP) is 11.5. The highest BCUT2D eigenvalue weighted by atomic mass is 16.5. The third-order valence-electron chi connectivity index (χ3n) is 26.3. The molecule has 4 aliphatic rings. The van der Waals surface area contributed by atoms with Crippen molar-refractivity contribution in [3.05, 3.63) is 217 Å². The number of anilines is 8. The third kappa shape index (κ3) is 22.3. The molecular formula is C97H118N32O8. The van der Waals surface area contributed by atoms with Gasteiger partial charge in [-0.25, -0.2) is 64.6 Å². The topological polar surface area (TPSA) is 555 Å². The molecule has 14 aromatic rings. The Kier molecular flexibility index (Phi) is 28.6. The first kappa shape index (κ1) is 96.5. The number of hydrogen-bond donors (Lipinski definition) is 9. The molecule has 14 N–H and O–H groups in total. The van der Waals surface area contributed by atoms with Gasteiger partial charge in [-0.3, -0.25) is 9.69 Å². The van der Waals surface area contributed by atoms with Crippen molar-refractivity contribution in [1.82, 2.24) is 115 Å². The molecule has 0 radical (unpaired) electrons. The molecule has 3 amide bonds. The Morgan fingerprint density at radius 3 is 1.07 bits per heavy atom. The largest absolute Gasteiger partial charge is 0.394 e. The summed E-state index contributed by atoms with van der Waals surface area (Å²) in [5.41, 5.74) is 37.8. The Morgan fingerprint density at radius 1 is 0.423 bits per heavy atom. The number of carbonyl (C=O) groups excluding carboxylic acids is 2. The van der Waals surface area contributed by atoms with Gasteiger partial charge in [0.05, 0.1) is 70.7 Å². The van der Waals surface area contributed by atoms with Crippen LogP contribution < -0.4 is 49.1 Å². The maximum Gasteiger partial charge on any atom is 0.324 e. The second-order valence-electron chi connectivity index (χ2n) is 37.7. The normalized spacial score (nSPS) is 15.9. The first-order valence-corrected chi connectivity index (χ1v) is 45.5. The number of amides is 3. The molecule has 2 aliphatic carbocycles. The molecular weight excluding hydrogens is 1740 g/mol. The molecule has 4 fully saturated rings.